The first-order chi connectivity index (χ1) is 8.75. The number of aliphatic carboxylic acids is 1. The van der Waals surface area contributed by atoms with Gasteiger partial charge in [0.15, 0.2) is 0 Å². The van der Waals surface area contributed by atoms with Gasteiger partial charge in [0.25, 0.3) is 0 Å². The van der Waals surface area contributed by atoms with E-state index in [1.165, 1.54) is 6.33 Å². The van der Waals surface area contributed by atoms with Crippen molar-refractivity contribution >= 4 is 11.8 Å². The van der Waals surface area contributed by atoms with Gasteiger partial charge in [-0.05, 0) is 11.6 Å². The molecule has 1 atom stereocenters. The first-order valence-electron chi connectivity index (χ1n) is 5.55. The van der Waals surface area contributed by atoms with Crippen molar-refractivity contribution in [2.45, 2.75) is 12.5 Å². The van der Waals surface area contributed by atoms with Gasteiger partial charge in [0.05, 0.1) is 0 Å². The molecule has 0 fully saturated rings. The van der Waals surface area contributed by atoms with Crippen molar-refractivity contribution in [2.24, 2.45) is 0 Å². The minimum Gasteiger partial charge on any atom is -0.480 e. The fraction of sp³-hybridized carbons (Fsp3) is 0.154. The van der Waals surface area contributed by atoms with E-state index >= 15 is 0 Å². The fourth-order valence-corrected chi connectivity index (χ4v) is 1.60. The molecule has 5 heteroatoms. The van der Waals surface area contributed by atoms with E-state index in [2.05, 4.69) is 15.3 Å². The molecule has 2 aromatic rings. The van der Waals surface area contributed by atoms with Crippen LogP contribution in [0.4, 0.5) is 5.82 Å². The zero-order chi connectivity index (χ0) is 12.8. The van der Waals surface area contributed by atoms with Crippen LogP contribution in [0.1, 0.15) is 5.56 Å². The zero-order valence-corrected chi connectivity index (χ0v) is 9.65. The van der Waals surface area contributed by atoms with E-state index in [-0.39, 0.29) is 0 Å². The largest absolute Gasteiger partial charge is 0.480 e. The Labute approximate surface area is 105 Å². The van der Waals surface area contributed by atoms with Crippen molar-refractivity contribution in [1.29, 1.82) is 0 Å². The molecule has 2 N–H and O–H groups in total. The highest BCUT2D eigenvalue weighted by Gasteiger charge is 2.17. The molecule has 0 saturated heterocycles. The summed E-state index contributed by atoms with van der Waals surface area (Å²) in [6.45, 7) is 0. The molecule has 0 aliphatic rings. The summed E-state index contributed by atoms with van der Waals surface area (Å²) in [7, 11) is 0. The average molecular weight is 243 g/mol. The minimum absolute atomic E-state index is 0.403. The van der Waals surface area contributed by atoms with Gasteiger partial charge in [-0.25, -0.2) is 14.8 Å². The molecule has 0 bridgehead atoms. The number of hydrogen-bond acceptors (Lipinski definition) is 4. The van der Waals surface area contributed by atoms with Crippen molar-refractivity contribution in [2.75, 3.05) is 5.32 Å². The molecule has 0 aliphatic heterocycles. The van der Waals surface area contributed by atoms with Crippen LogP contribution in [0.3, 0.4) is 0 Å². The van der Waals surface area contributed by atoms with Gasteiger partial charge in [-0.3, -0.25) is 0 Å². The number of anilines is 1. The van der Waals surface area contributed by atoms with Crippen molar-refractivity contribution in [3.8, 4) is 0 Å². The molecule has 92 valence electrons. The summed E-state index contributed by atoms with van der Waals surface area (Å²) in [5.74, 6) is -0.397. The lowest BCUT2D eigenvalue weighted by atomic mass is 10.1. The summed E-state index contributed by atoms with van der Waals surface area (Å²) >= 11 is 0. The third-order valence-corrected chi connectivity index (χ3v) is 2.48. The maximum Gasteiger partial charge on any atom is 0.326 e. The molecular weight excluding hydrogens is 230 g/mol. The first-order valence-corrected chi connectivity index (χ1v) is 5.55. The molecule has 0 aliphatic carbocycles. The summed E-state index contributed by atoms with van der Waals surface area (Å²) in [6, 6.07) is 10.4. The van der Waals surface area contributed by atoms with Crippen molar-refractivity contribution in [3.05, 3.63) is 54.5 Å². The van der Waals surface area contributed by atoms with Crippen LogP contribution in [0.2, 0.25) is 0 Å². The topological polar surface area (TPSA) is 75.1 Å². The Morgan fingerprint density at radius 3 is 2.67 bits per heavy atom. The van der Waals surface area contributed by atoms with E-state index in [9.17, 15) is 9.90 Å². The summed E-state index contributed by atoms with van der Waals surface area (Å²) in [6.07, 6.45) is 3.35. The Hall–Kier alpha value is -2.43. The maximum atomic E-state index is 11.2. The highest BCUT2D eigenvalue weighted by atomic mass is 16.4. The number of nitrogens with one attached hydrogen (secondary N) is 1. The normalized spacial score (nSPS) is 11.8. The van der Waals surface area contributed by atoms with Gasteiger partial charge >= 0.3 is 5.97 Å². The summed E-state index contributed by atoms with van der Waals surface area (Å²) < 4.78 is 0. The standard InChI is InChI=1S/C13H13N3O2/c17-13(18)11(8-10-4-2-1-3-5-10)16-12-6-7-14-9-15-12/h1-7,9,11H,8H2,(H,17,18)(H,14,15,16)/t11-/m0/s1. The number of nitrogens with zero attached hydrogens (tertiary/aromatic N) is 2. The third kappa shape index (κ3) is 3.28. The van der Waals surface area contributed by atoms with E-state index in [4.69, 9.17) is 0 Å². The van der Waals surface area contributed by atoms with Gasteiger partial charge in [0.1, 0.15) is 18.2 Å². The molecule has 0 saturated carbocycles. The molecule has 0 radical (unpaired) electrons. The molecule has 1 aromatic heterocycles. The second kappa shape index (κ2) is 5.77. The number of hydrogen-bond donors (Lipinski definition) is 2. The Kier molecular flexibility index (Phi) is 3.86. The molecule has 1 heterocycles. The molecule has 0 unspecified atom stereocenters. The van der Waals surface area contributed by atoms with Crippen LogP contribution in [0, 0.1) is 0 Å². The van der Waals surface area contributed by atoms with E-state index < -0.39 is 12.0 Å². The van der Waals surface area contributed by atoms with Gasteiger partial charge in [-0.15, -0.1) is 0 Å². The Morgan fingerprint density at radius 1 is 1.28 bits per heavy atom. The molecule has 0 amide bonds. The van der Waals surface area contributed by atoms with Gasteiger partial charge in [-0.1, -0.05) is 30.3 Å². The average Bonchev–Trinajstić information content (AvgIpc) is 2.40. The van der Waals surface area contributed by atoms with E-state index in [0.717, 1.165) is 5.56 Å². The Bertz CT molecular complexity index is 461. The highest BCUT2D eigenvalue weighted by Crippen LogP contribution is 2.08. The van der Waals surface area contributed by atoms with Gasteiger partial charge in [0.2, 0.25) is 0 Å². The first kappa shape index (κ1) is 12.0. The Morgan fingerprint density at radius 2 is 2.06 bits per heavy atom. The van der Waals surface area contributed by atoms with Gasteiger partial charge < -0.3 is 10.4 Å². The highest BCUT2D eigenvalue weighted by molar-refractivity contribution is 5.77. The monoisotopic (exact) mass is 243 g/mol. The summed E-state index contributed by atoms with van der Waals surface area (Å²) in [4.78, 5) is 18.9. The number of rotatable bonds is 5. The molecule has 2 rings (SSSR count). The second-order valence-corrected chi connectivity index (χ2v) is 3.82. The van der Waals surface area contributed by atoms with Crippen LogP contribution in [0.25, 0.3) is 0 Å². The molecule has 5 nitrogen and oxygen atoms in total. The van der Waals surface area contributed by atoms with Crippen LogP contribution in [-0.2, 0) is 11.2 Å². The lowest BCUT2D eigenvalue weighted by Gasteiger charge is -2.14. The van der Waals surface area contributed by atoms with E-state index in [1.54, 1.807) is 12.3 Å². The lowest BCUT2D eigenvalue weighted by Crippen LogP contribution is -2.31. The van der Waals surface area contributed by atoms with Crippen LogP contribution < -0.4 is 5.32 Å². The van der Waals surface area contributed by atoms with E-state index in [0.29, 0.717) is 12.2 Å². The predicted molar refractivity (Wildman–Crippen MR) is 67.2 cm³/mol. The van der Waals surface area contributed by atoms with Crippen molar-refractivity contribution in [1.82, 2.24) is 9.97 Å². The van der Waals surface area contributed by atoms with Crippen LogP contribution >= 0.6 is 0 Å². The maximum absolute atomic E-state index is 11.2. The predicted octanol–water partition coefficient (Wildman–Crippen LogP) is 1.58. The fourth-order valence-electron chi connectivity index (χ4n) is 1.60. The molecule has 18 heavy (non-hydrogen) atoms. The van der Waals surface area contributed by atoms with Crippen molar-refractivity contribution in [3.63, 3.8) is 0 Å². The lowest BCUT2D eigenvalue weighted by molar-refractivity contribution is -0.137. The number of carboxylic acids is 1. The van der Waals surface area contributed by atoms with Gasteiger partial charge in [-0.2, -0.15) is 0 Å². The zero-order valence-electron chi connectivity index (χ0n) is 9.65. The molecular formula is C13H13N3O2. The molecule has 0 spiro atoms. The quantitative estimate of drug-likeness (QED) is 0.834. The smallest absolute Gasteiger partial charge is 0.326 e. The van der Waals surface area contributed by atoms with E-state index in [1.807, 2.05) is 30.3 Å². The third-order valence-electron chi connectivity index (χ3n) is 2.48. The number of benzene rings is 1. The van der Waals surface area contributed by atoms with Crippen molar-refractivity contribution < 1.29 is 9.90 Å². The molecule has 1 aromatic carbocycles. The number of carboxylic acid groups (broad SMARTS) is 1. The second-order valence-electron chi connectivity index (χ2n) is 3.82. The Balaban J connectivity index is 2.08. The number of aromatic nitrogens is 2. The SMILES string of the molecule is O=C(O)[C@H](Cc1ccccc1)Nc1ccncn1. The van der Waals surface area contributed by atoms with Gasteiger partial charge in [0, 0.05) is 12.6 Å². The van der Waals surface area contributed by atoms with Crippen LogP contribution in [0.15, 0.2) is 48.9 Å². The minimum atomic E-state index is -0.905. The van der Waals surface area contributed by atoms with Crippen LogP contribution in [0.5, 0.6) is 0 Å². The van der Waals surface area contributed by atoms with Crippen LogP contribution in [-0.4, -0.2) is 27.1 Å². The summed E-state index contributed by atoms with van der Waals surface area (Å²) in [5.41, 5.74) is 0.964. The number of carbonyl (C=O) groups is 1. The summed E-state index contributed by atoms with van der Waals surface area (Å²) in [5, 5.41) is 12.1.